The summed E-state index contributed by atoms with van der Waals surface area (Å²) in [5, 5.41) is 0. The minimum Gasteiger partial charge on any atom is -0.445 e. The summed E-state index contributed by atoms with van der Waals surface area (Å²) < 4.78 is 29.0. The van der Waals surface area contributed by atoms with Crippen molar-refractivity contribution in [1.82, 2.24) is 4.90 Å². The minimum atomic E-state index is -1.05. The third kappa shape index (κ3) is 7.64. The first-order valence-electron chi connectivity index (χ1n) is 12.5. The van der Waals surface area contributed by atoms with E-state index in [2.05, 4.69) is 13.2 Å². The molecule has 3 atom stereocenters. The highest BCUT2D eigenvalue weighted by Gasteiger charge is 2.62. The van der Waals surface area contributed by atoms with Crippen molar-refractivity contribution in [2.75, 3.05) is 27.4 Å². The molecular formula is C29H43NO6. The molecule has 1 amide bonds. The number of methoxy groups -OCH3 is 2. The summed E-state index contributed by atoms with van der Waals surface area (Å²) in [6, 6.07) is 19.0. The van der Waals surface area contributed by atoms with Crippen LogP contribution in [0.3, 0.4) is 0 Å². The topological polar surface area (TPSA) is 66.5 Å². The van der Waals surface area contributed by atoms with Crippen LogP contribution in [0.25, 0.3) is 0 Å². The molecule has 1 unspecified atom stereocenters. The molecule has 0 radical (unpaired) electrons. The molecule has 0 bridgehead atoms. The predicted octanol–water partition coefficient (Wildman–Crippen LogP) is 5.84. The maximum atomic E-state index is 13.0. The number of hydrogen-bond donors (Lipinski definition) is 0. The van der Waals surface area contributed by atoms with Crippen LogP contribution in [0.2, 0.25) is 0 Å². The summed E-state index contributed by atoms with van der Waals surface area (Å²) in [5.41, 5.74) is 1.98. The molecular weight excluding hydrogens is 458 g/mol. The fourth-order valence-corrected chi connectivity index (χ4v) is 4.13. The molecule has 2 aromatic rings. The van der Waals surface area contributed by atoms with E-state index in [1.807, 2.05) is 88.4 Å². The number of likely N-dealkylation sites (tertiary alicyclic amines) is 1. The SMILES string of the molecule is C=C.CC.CC.COC1(OC)CO[C@@H]2C(OCc3ccccc3)CN(C(=O)OCc3ccccc3)[C@@H]21. The van der Waals surface area contributed by atoms with Gasteiger partial charge in [-0.1, -0.05) is 88.4 Å². The van der Waals surface area contributed by atoms with Gasteiger partial charge in [-0.25, -0.2) is 4.79 Å². The Balaban J connectivity index is 0.00000101. The number of fused-ring (bicyclic) bond motifs is 1. The van der Waals surface area contributed by atoms with Gasteiger partial charge in [0, 0.05) is 14.2 Å². The standard InChI is InChI=1S/C23H27NO6.2C2H6.C2H4/c1-26-23(27-2)16-30-20-19(28-14-17-9-5-3-6-10-17)13-24(21(20)23)22(25)29-15-18-11-7-4-8-12-18;3*1-2/h3-12,19-21H,13-16H2,1-2H3;2*1-2H3;1-2H2/t19?,20-,21+;;;/m1.../s1. The van der Waals surface area contributed by atoms with Crippen LogP contribution < -0.4 is 0 Å². The predicted molar refractivity (Wildman–Crippen MR) is 143 cm³/mol. The van der Waals surface area contributed by atoms with E-state index in [0.29, 0.717) is 13.2 Å². The van der Waals surface area contributed by atoms with Crippen molar-refractivity contribution >= 4 is 6.09 Å². The third-order valence-corrected chi connectivity index (χ3v) is 5.76. The van der Waals surface area contributed by atoms with Crippen LogP contribution in [-0.2, 0) is 36.9 Å². The van der Waals surface area contributed by atoms with Crippen molar-refractivity contribution in [3.05, 3.63) is 84.9 Å². The second-order valence-electron chi connectivity index (χ2n) is 7.47. The number of carbonyl (C=O) groups excluding carboxylic acids is 1. The Labute approximate surface area is 216 Å². The first-order valence-corrected chi connectivity index (χ1v) is 12.5. The van der Waals surface area contributed by atoms with Crippen LogP contribution in [0.5, 0.6) is 0 Å². The smallest absolute Gasteiger partial charge is 0.410 e. The lowest BCUT2D eigenvalue weighted by atomic mass is 10.0. The first kappa shape index (κ1) is 31.3. The van der Waals surface area contributed by atoms with E-state index in [0.717, 1.165) is 11.1 Å². The third-order valence-electron chi connectivity index (χ3n) is 5.76. The van der Waals surface area contributed by atoms with Gasteiger partial charge in [-0.3, -0.25) is 4.90 Å². The van der Waals surface area contributed by atoms with Crippen molar-refractivity contribution < 1.29 is 28.5 Å². The number of nitrogens with zero attached hydrogens (tertiary/aromatic N) is 1. The molecule has 0 spiro atoms. The highest BCUT2D eigenvalue weighted by atomic mass is 16.7. The lowest BCUT2D eigenvalue weighted by molar-refractivity contribution is -0.224. The van der Waals surface area contributed by atoms with Gasteiger partial charge in [0.05, 0.1) is 13.2 Å². The number of rotatable bonds is 7. The highest BCUT2D eigenvalue weighted by molar-refractivity contribution is 5.69. The zero-order chi connectivity index (χ0) is 27.0. The normalized spacial score (nSPS) is 20.9. The van der Waals surface area contributed by atoms with Crippen LogP contribution in [-0.4, -0.2) is 62.4 Å². The fraction of sp³-hybridized carbons (Fsp3) is 0.483. The van der Waals surface area contributed by atoms with Crippen LogP contribution >= 0.6 is 0 Å². The molecule has 7 nitrogen and oxygen atoms in total. The molecule has 2 heterocycles. The van der Waals surface area contributed by atoms with E-state index in [1.165, 1.54) is 0 Å². The number of hydrogen-bond acceptors (Lipinski definition) is 6. The van der Waals surface area contributed by atoms with Crippen molar-refractivity contribution in [3.63, 3.8) is 0 Å². The lowest BCUT2D eigenvalue weighted by Gasteiger charge is -2.35. The largest absolute Gasteiger partial charge is 0.445 e. The second kappa shape index (κ2) is 16.9. The summed E-state index contributed by atoms with van der Waals surface area (Å²) in [5.74, 6) is -1.05. The molecule has 0 N–H and O–H groups in total. The van der Waals surface area contributed by atoms with Crippen molar-refractivity contribution in [2.24, 2.45) is 0 Å². The van der Waals surface area contributed by atoms with E-state index in [4.69, 9.17) is 23.7 Å². The lowest BCUT2D eigenvalue weighted by Crippen LogP contribution is -2.55. The molecule has 200 valence electrons. The Kier molecular flexibility index (Phi) is 14.7. The molecule has 0 saturated carbocycles. The zero-order valence-corrected chi connectivity index (χ0v) is 22.6. The number of amides is 1. The number of benzene rings is 2. The molecule has 2 aliphatic heterocycles. The summed E-state index contributed by atoms with van der Waals surface area (Å²) in [6.07, 6.45) is -1.12. The molecule has 0 aliphatic carbocycles. The van der Waals surface area contributed by atoms with Gasteiger partial charge in [0.15, 0.2) is 0 Å². The van der Waals surface area contributed by atoms with E-state index in [9.17, 15) is 4.79 Å². The Hall–Kier alpha value is -2.71. The maximum absolute atomic E-state index is 13.0. The van der Waals surface area contributed by atoms with Crippen LogP contribution in [0.15, 0.2) is 73.8 Å². The second-order valence-corrected chi connectivity index (χ2v) is 7.47. The van der Waals surface area contributed by atoms with Gasteiger partial charge in [-0.2, -0.15) is 0 Å². The Morgan fingerprint density at radius 1 is 0.917 bits per heavy atom. The van der Waals surface area contributed by atoms with Gasteiger partial charge in [0.2, 0.25) is 5.79 Å². The van der Waals surface area contributed by atoms with Crippen molar-refractivity contribution in [3.8, 4) is 0 Å². The molecule has 2 aliphatic rings. The Bertz CT molecular complexity index is 843. The molecule has 2 fully saturated rings. The summed E-state index contributed by atoms with van der Waals surface area (Å²) >= 11 is 0. The molecule has 0 aromatic heterocycles. The average molecular weight is 502 g/mol. The van der Waals surface area contributed by atoms with Gasteiger partial charge in [-0.15, -0.1) is 13.2 Å². The van der Waals surface area contributed by atoms with Gasteiger partial charge >= 0.3 is 6.09 Å². The number of carbonyl (C=O) groups is 1. The van der Waals surface area contributed by atoms with E-state index in [1.54, 1.807) is 19.1 Å². The fourth-order valence-electron chi connectivity index (χ4n) is 4.13. The Morgan fingerprint density at radius 3 is 1.92 bits per heavy atom. The van der Waals surface area contributed by atoms with Crippen LogP contribution in [0.4, 0.5) is 4.79 Å². The quantitative estimate of drug-likeness (QED) is 0.351. The van der Waals surface area contributed by atoms with Crippen LogP contribution in [0.1, 0.15) is 38.8 Å². The molecule has 36 heavy (non-hydrogen) atoms. The summed E-state index contributed by atoms with van der Waals surface area (Å²) in [6.45, 7) is 15.2. The minimum absolute atomic E-state index is 0.191. The summed E-state index contributed by atoms with van der Waals surface area (Å²) in [7, 11) is 3.11. The molecule has 4 rings (SSSR count). The molecule has 7 heteroatoms. The molecule has 2 aromatic carbocycles. The van der Waals surface area contributed by atoms with Gasteiger partial charge in [0.1, 0.15) is 31.5 Å². The zero-order valence-electron chi connectivity index (χ0n) is 22.6. The van der Waals surface area contributed by atoms with E-state index < -0.39 is 17.9 Å². The monoisotopic (exact) mass is 501 g/mol. The van der Waals surface area contributed by atoms with E-state index >= 15 is 0 Å². The molecule has 2 saturated heterocycles. The Morgan fingerprint density at radius 2 is 1.42 bits per heavy atom. The highest BCUT2D eigenvalue weighted by Crippen LogP contribution is 2.40. The van der Waals surface area contributed by atoms with Gasteiger partial charge in [0.25, 0.3) is 0 Å². The number of ether oxygens (including phenoxy) is 5. The average Bonchev–Trinajstić information content (AvgIpc) is 3.54. The maximum Gasteiger partial charge on any atom is 0.410 e. The van der Waals surface area contributed by atoms with Gasteiger partial charge in [-0.05, 0) is 11.1 Å². The van der Waals surface area contributed by atoms with Crippen molar-refractivity contribution in [2.45, 2.75) is 64.9 Å². The van der Waals surface area contributed by atoms with Crippen LogP contribution in [0, 0.1) is 0 Å². The van der Waals surface area contributed by atoms with E-state index in [-0.39, 0.29) is 25.4 Å². The first-order chi connectivity index (χ1) is 17.7. The summed E-state index contributed by atoms with van der Waals surface area (Å²) in [4.78, 5) is 14.6. The van der Waals surface area contributed by atoms with Crippen molar-refractivity contribution in [1.29, 1.82) is 0 Å². The van der Waals surface area contributed by atoms with Gasteiger partial charge < -0.3 is 23.7 Å².